The van der Waals surface area contributed by atoms with Crippen molar-refractivity contribution in [3.05, 3.63) is 113 Å². The van der Waals surface area contributed by atoms with Crippen LogP contribution in [0, 0.1) is 0 Å². The molecule has 3 heteroatoms. The van der Waals surface area contributed by atoms with E-state index in [9.17, 15) is 5.11 Å². The van der Waals surface area contributed by atoms with Gasteiger partial charge >= 0.3 is 0 Å². The molecule has 3 aromatic rings. The Labute approximate surface area is 203 Å². The lowest BCUT2D eigenvalue weighted by atomic mass is 9.59. The molecule has 168 valence electrons. The fourth-order valence-electron chi connectivity index (χ4n) is 6.03. The second kappa shape index (κ2) is 7.07. The number of hydrogen-bond acceptors (Lipinski definition) is 2. The second-order valence-electron chi connectivity index (χ2n) is 10.8. The molecule has 0 fully saturated rings. The molecule has 0 amide bonds. The molecule has 2 nitrogen and oxygen atoms in total. The highest BCUT2D eigenvalue weighted by molar-refractivity contribution is 6.17. The van der Waals surface area contributed by atoms with Gasteiger partial charge in [-0.3, -0.25) is 0 Å². The van der Waals surface area contributed by atoms with Crippen LogP contribution in [0.3, 0.4) is 0 Å². The van der Waals surface area contributed by atoms with Crippen molar-refractivity contribution in [2.75, 3.05) is 0 Å². The fourth-order valence-corrected chi connectivity index (χ4v) is 6.03. The van der Waals surface area contributed by atoms with Crippen LogP contribution >= 0.6 is 0 Å². The molecule has 2 unspecified atom stereocenters. The topological polar surface area (TPSA) is 29.5 Å². The summed E-state index contributed by atoms with van der Waals surface area (Å²) in [6.45, 7) is 7.42. The summed E-state index contributed by atoms with van der Waals surface area (Å²) in [4.78, 5) is 0. The first-order valence-corrected chi connectivity index (χ1v) is 12.1. The predicted octanol–water partition coefficient (Wildman–Crippen LogP) is 6.23. The summed E-state index contributed by atoms with van der Waals surface area (Å²) in [5, 5.41) is 10.8. The summed E-state index contributed by atoms with van der Waals surface area (Å²) >= 11 is 0. The van der Waals surface area contributed by atoms with Gasteiger partial charge in [0.1, 0.15) is 0 Å². The fraction of sp³-hybridized carbons (Fsp3) is 0.290. The third-order valence-corrected chi connectivity index (χ3v) is 8.31. The molecule has 0 bridgehead atoms. The molecule has 2 radical (unpaired) electrons. The first kappa shape index (κ1) is 21.6. The minimum absolute atomic E-state index is 0.355. The molecule has 0 aliphatic heterocycles. The van der Waals surface area contributed by atoms with Gasteiger partial charge < -0.3 is 9.84 Å². The summed E-state index contributed by atoms with van der Waals surface area (Å²) in [6, 6.07) is 26.1. The molecule has 3 aliphatic carbocycles. The summed E-state index contributed by atoms with van der Waals surface area (Å²) in [7, 11) is 7.15. The Morgan fingerprint density at radius 3 is 1.76 bits per heavy atom. The highest BCUT2D eigenvalue weighted by Crippen LogP contribution is 2.65. The van der Waals surface area contributed by atoms with Crippen LogP contribution < -0.4 is 0 Å². The highest BCUT2D eigenvalue weighted by atomic mass is 16.5. The van der Waals surface area contributed by atoms with Crippen LogP contribution in [0.5, 0.6) is 0 Å². The van der Waals surface area contributed by atoms with E-state index in [4.69, 9.17) is 12.6 Å². The number of allylic oxidation sites excluding steroid dienone is 2. The largest absolute Gasteiger partial charge is 0.387 e. The van der Waals surface area contributed by atoms with Crippen molar-refractivity contribution < 1.29 is 9.84 Å². The van der Waals surface area contributed by atoms with Crippen LogP contribution in [0.1, 0.15) is 49.9 Å². The molecule has 3 aromatic carbocycles. The number of hydrogen-bond donors (Lipinski definition) is 1. The minimum atomic E-state index is -1.02. The SMILES string of the molecule is [B]C1C2=C(C=CC1OC(C)(C)C(C)(C)O)c1ccccc1C21c2ccccc2-c2ccccc21. The van der Waals surface area contributed by atoms with Crippen LogP contribution in [0.4, 0.5) is 0 Å². The van der Waals surface area contributed by atoms with Gasteiger partial charge in [0.25, 0.3) is 0 Å². The van der Waals surface area contributed by atoms with E-state index in [0.717, 1.165) is 0 Å². The average Bonchev–Trinajstić information content (AvgIpc) is 3.28. The van der Waals surface area contributed by atoms with E-state index in [0.29, 0.717) is 0 Å². The summed E-state index contributed by atoms with van der Waals surface area (Å²) in [5.74, 6) is -0.367. The molecule has 0 saturated carbocycles. The van der Waals surface area contributed by atoms with Gasteiger partial charge in [0, 0.05) is 0 Å². The molecular weight excluding hydrogens is 415 g/mol. The van der Waals surface area contributed by atoms with Crippen LogP contribution in [0.2, 0.25) is 5.82 Å². The highest BCUT2D eigenvalue weighted by Gasteiger charge is 2.55. The Hall–Kier alpha value is -2.88. The van der Waals surface area contributed by atoms with Gasteiger partial charge in [0.05, 0.1) is 30.6 Å². The Kier molecular flexibility index (Phi) is 4.50. The molecule has 2 atom stereocenters. The zero-order chi connectivity index (χ0) is 23.9. The average molecular weight is 444 g/mol. The molecule has 34 heavy (non-hydrogen) atoms. The van der Waals surface area contributed by atoms with Crippen molar-refractivity contribution >= 4 is 13.4 Å². The van der Waals surface area contributed by atoms with E-state index in [-0.39, 0.29) is 11.9 Å². The smallest absolute Gasteiger partial charge is 0.0914 e. The normalized spacial score (nSPS) is 21.9. The molecule has 1 N–H and O–H groups in total. The van der Waals surface area contributed by atoms with Crippen molar-refractivity contribution in [3.63, 3.8) is 0 Å². The molecule has 1 spiro atoms. The molecular formula is C31H29BO2. The van der Waals surface area contributed by atoms with Crippen molar-refractivity contribution in [3.8, 4) is 11.1 Å². The number of benzene rings is 3. The lowest BCUT2D eigenvalue weighted by Gasteiger charge is -2.44. The number of ether oxygens (including phenoxy) is 1. The zero-order valence-corrected chi connectivity index (χ0v) is 20.2. The van der Waals surface area contributed by atoms with E-state index >= 15 is 0 Å². The second-order valence-corrected chi connectivity index (χ2v) is 10.8. The van der Waals surface area contributed by atoms with Gasteiger partial charge in [-0.1, -0.05) is 84.9 Å². The number of fused-ring (bicyclic) bond motifs is 9. The van der Waals surface area contributed by atoms with E-state index in [2.05, 4.69) is 84.9 Å². The molecule has 0 saturated heterocycles. The lowest BCUT2D eigenvalue weighted by Crippen LogP contribution is -2.50. The molecule has 0 aromatic heterocycles. The Bertz CT molecular complexity index is 1330. The summed E-state index contributed by atoms with van der Waals surface area (Å²) in [6.07, 6.45) is 3.90. The van der Waals surface area contributed by atoms with E-state index < -0.39 is 16.6 Å². The zero-order valence-electron chi connectivity index (χ0n) is 20.2. The van der Waals surface area contributed by atoms with Crippen molar-refractivity contribution in [1.29, 1.82) is 0 Å². The Balaban J connectivity index is 1.61. The van der Waals surface area contributed by atoms with Crippen LogP contribution in [0.15, 0.2) is 90.5 Å². The van der Waals surface area contributed by atoms with Gasteiger partial charge in [0.15, 0.2) is 0 Å². The van der Waals surface area contributed by atoms with Crippen molar-refractivity contribution in [1.82, 2.24) is 0 Å². The van der Waals surface area contributed by atoms with Crippen molar-refractivity contribution in [2.45, 2.75) is 56.2 Å². The van der Waals surface area contributed by atoms with Gasteiger partial charge in [-0.25, -0.2) is 0 Å². The van der Waals surface area contributed by atoms with Gasteiger partial charge in [-0.15, -0.1) is 0 Å². The monoisotopic (exact) mass is 444 g/mol. The molecule has 0 heterocycles. The van der Waals surface area contributed by atoms with Gasteiger partial charge in [0.2, 0.25) is 0 Å². The number of rotatable bonds is 3. The van der Waals surface area contributed by atoms with Crippen molar-refractivity contribution in [2.24, 2.45) is 0 Å². The quantitative estimate of drug-likeness (QED) is 0.486. The van der Waals surface area contributed by atoms with Crippen LogP contribution in [-0.2, 0) is 10.2 Å². The van der Waals surface area contributed by atoms with E-state index in [1.165, 1.54) is 44.5 Å². The lowest BCUT2D eigenvalue weighted by molar-refractivity contribution is -0.163. The number of aliphatic hydroxyl groups is 1. The Morgan fingerprint density at radius 2 is 1.24 bits per heavy atom. The minimum Gasteiger partial charge on any atom is -0.387 e. The molecule has 6 rings (SSSR count). The summed E-state index contributed by atoms with van der Waals surface area (Å²) < 4.78 is 6.55. The van der Waals surface area contributed by atoms with Crippen LogP contribution in [-0.4, -0.2) is 30.3 Å². The standard InChI is InChI=1S/C31H29BO2/c1-29(2,33)30(3,4)34-26-18-17-22-21-13-7-10-16-25(21)31(27(22)28(26)32)23-14-8-5-11-19(23)20-12-6-9-15-24(20)31/h5-18,26,28,33H,1-4H3. The first-order chi connectivity index (χ1) is 16.2. The predicted molar refractivity (Wildman–Crippen MR) is 139 cm³/mol. The maximum atomic E-state index is 10.8. The summed E-state index contributed by atoms with van der Waals surface area (Å²) in [5.41, 5.74) is 7.72. The van der Waals surface area contributed by atoms with E-state index in [1.54, 1.807) is 13.8 Å². The first-order valence-electron chi connectivity index (χ1n) is 12.1. The third kappa shape index (κ3) is 2.66. The van der Waals surface area contributed by atoms with Gasteiger partial charge in [-0.2, -0.15) is 0 Å². The third-order valence-electron chi connectivity index (χ3n) is 8.31. The van der Waals surface area contributed by atoms with Crippen LogP contribution in [0.25, 0.3) is 16.7 Å². The molecule has 3 aliphatic rings. The van der Waals surface area contributed by atoms with E-state index in [1.807, 2.05) is 13.8 Å². The Morgan fingerprint density at radius 1 is 0.765 bits per heavy atom. The van der Waals surface area contributed by atoms with Gasteiger partial charge in [-0.05, 0) is 78.0 Å². The maximum Gasteiger partial charge on any atom is 0.0914 e. The maximum absolute atomic E-state index is 10.8.